The van der Waals surface area contributed by atoms with E-state index in [4.69, 9.17) is 10.5 Å². The van der Waals surface area contributed by atoms with E-state index in [0.717, 1.165) is 0 Å². The van der Waals surface area contributed by atoms with Gasteiger partial charge >= 0.3 is 0 Å². The van der Waals surface area contributed by atoms with Gasteiger partial charge < -0.3 is 20.4 Å². The van der Waals surface area contributed by atoms with Crippen LogP contribution in [0.1, 0.15) is 23.9 Å². The number of halogens is 3. The lowest BCUT2D eigenvalue weighted by molar-refractivity contribution is -0.123. The highest BCUT2D eigenvalue weighted by molar-refractivity contribution is 5.85. The number of hydrogen-bond acceptors (Lipinski definition) is 4. The van der Waals surface area contributed by atoms with E-state index in [2.05, 4.69) is 10.3 Å². The van der Waals surface area contributed by atoms with Gasteiger partial charge in [0, 0.05) is 33.1 Å². The summed E-state index contributed by atoms with van der Waals surface area (Å²) in [6, 6.07) is 5.55. The first-order chi connectivity index (χ1) is 11.0. The van der Waals surface area contributed by atoms with Crippen molar-refractivity contribution in [3.05, 3.63) is 53.9 Å². The highest BCUT2D eigenvalue weighted by atomic mass is 35.5. The van der Waals surface area contributed by atoms with Crippen molar-refractivity contribution in [2.24, 2.45) is 12.8 Å². The second kappa shape index (κ2) is 11.0. The van der Waals surface area contributed by atoms with Crippen LogP contribution in [0, 0.1) is 5.82 Å². The average molecular weight is 393 g/mol. The minimum absolute atomic E-state index is 0. The largest absolute Gasteiger partial charge is 0.380 e. The number of carbonyl (C=O) groups excluding carboxylic acids is 1. The quantitative estimate of drug-likeness (QED) is 0.754. The highest BCUT2D eigenvalue weighted by Crippen LogP contribution is 2.21. The molecule has 0 spiro atoms. The van der Waals surface area contributed by atoms with E-state index in [-0.39, 0.29) is 55.6 Å². The fourth-order valence-electron chi connectivity index (χ4n) is 2.33. The summed E-state index contributed by atoms with van der Waals surface area (Å²) in [4.78, 5) is 16.5. The Hall–Kier alpha value is -1.67. The first kappa shape index (κ1) is 23.3. The summed E-state index contributed by atoms with van der Waals surface area (Å²) in [7, 11) is 3.33. The summed E-state index contributed by atoms with van der Waals surface area (Å²) in [5.74, 6) is 0.0120. The minimum atomic E-state index is -0.548. The third kappa shape index (κ3) is 6.28. The Morgan fingerprint density at radius 1 is 1.44 bits per heavy atom. The SMILES string of the molecule is COC(CN)CC(=O)NC(c1cccc(F)c1)c1nccn1C.Cl.Cl. The molecule has 3 N–H and O–H groups in total. The van der Waals surface area contributed by atoms with Crippen LogP contribution in [0.5, 0.6) is 0 Å². The van der Waals surface area contributed by atoms with Crippen molar-refractivity contribution in [1.29, 1.82) is 0 Å². The Balaban J connectivity index is 0.00000288. The summed E-state index contributed by atoms with van der Waals surface area (Å²) in [6.45, 7) is 0.247. The number of benzene rings is 1. The molecule has 1 aromatic heterocycles. The first-order valence-electron chi connectivity index (χ1n) is 7.30. The molecule has 2 rings (SSSR count). The van der Waals surface area contributed by atoms with Gasteiger partial charge in [-0.1, -0.05) is 12.1 Å². The summed E-state index contributed by atoms with van der Waals surface area (Å²) in [5.41, 5.74) is 6.16. The van der Waals surface area contributed by atoms with E-state index in [1.807, 2.05) is 7.05 Å². The molecule has 2 atom stereocenters. The zero-order chi connectivity index (χ0) is 16.8. The Bertz CT molecular complexity index is 665. The van der Waals surface area contributed by atoms with Gasteiger partial charge in [-0.25, -0.2) is 9.37 Å². The number of rotatable bonds is 7. The lowest BCUT2D eigenvalue weighted by atomic mass is 10.1. The van der Waals surface area contributed by atoms with Crippen LogP contribution < -0.4 is 11.1 Å². The van der Waals surface area contributed by atoms with Gasteiger partial charge in [-0.05, 0) is 17.7 Å². The predicted octanol–water partition coefficient (Wildman–Crippen LogP) is 1.97. The number of aryl methyl sites for hydroxylation is 1. The van der Waals surface area contributed by atoms with Crippen LogP contribution in [0.2, 0.25) is 0 Å². The standard InChI is InChI=1S/C16H21FN4O2.2ClH/c1-21-7-6-19-16(21)15(11-4-3-5-12(17)8-11)20-14(22)9-13(10-18)23-2;;/h3-8,13,15H,9-10,18H2,1-2H3,(H,20,22);2*1H. The fourth-order valence-corrected chi connectivity index (χ4v) is 2.33. The van der Waals surface area contributed by atoms with Crippen LogP contribution in [0.15, 0.2) is 36.7 Å². The van der Waals surface area contributed by atoms with Crippen molar-refractivity contribution in [3.63, 3.8) is 0 Å². The summed E-state index contributed by atoms with van der Waals surface area (Å²) in [5, 5.41) is 2.88. The lowest BCUT2D eigenvalue weighted by Crippen LogP contribution is -2.35. The van der Waals surface area contributed by atoms with Gasteiger partial charge in [0.05, 0.1) is 12.5 Å². The molecule has 2 aromatic rings. The van der Waals surface area contributed by atoms with Crippen molar-refractivity contribution >= 4 is 30.7 Å². The van der Waals surface area contributed by atoms with Gasteiger partial charge in [0.1, 0.15) is 17.7 Å². The zero-order valence-electron chi connectivity index (χ0n) is 14.0. The van der Waals surface area contributed by atoms with Crippen LogP contribution in [0.4, 0.5) is 4.39 Å². The van der Waals surface area contributed by atoms with E-state index in [1.54, 1.807) is 29.1 Å². The zero-order valence-corrected chi connectivity index (χ0v) is 15.6. The van der Waals surface area contributed by atoms with Crippen molar-refractivity contribution < 1.29 is 13.9 Å². The smallest absolute Gasteiger partial charge is 0.223 e. The molecule has 0 aliphatic rings. The number of ether oxygens (including phenoxy) is 1. The van der Waals surface area contributed by atoms with Crippen LogP contribution in [0.25, 0.3) is 0 Å². The van der Waals surface area contributed by atoms with Gasteiger partial charge in [0.2, 0.25) is 5.91 Å². The Labute approximate surface area is 158 Å². The summed E-state index contributed by atoms with van der Waals surface area (Å²) < 4.78 is 20.5. The number of amides is 1. The van der Waals surface area contributed by atoms with E-state index >= 15 is 0 Å². The highest BCUT2D eigenvalue weighted by Gasteiger charge is 2.22. The molecule has 9 heteroatoms. The van der Waals surface area contributed by atoms with Crippen LogP contribution in [-0.2, 0) is 16.6 Å². The normalized spacial score (nSPS) is 12.5. The topological polar surface area (TPSA) is 82.2 Å². The van der Waals surface area contributed by atoms with Gasteiger partial charge in [-0.15, -0.1) is 24.8 Å². The Morgan fingerprint density at radius 3 is 2.68 bits per heavy atom. The van der Waals surface area contributed by atoms with E-state index in [1.165, 1.54) is 19.2 Å². The average Bonchev–Trinajstić information content (AvgIpc) is 2.96. The number of nitrogens with two attached hydrogens (primary N) is 1. The predicted molar refractivity (Wildman–Crippen MR) is 98.6 cm³/mol. The number of nitrogens with zero attached hydrogens (tertiary/aromatic N) is 2. The molecule has 25 heavy (non-hydrogen) atoms. The van der Waals surface area contributed by atoms with Crippen LogP contribution in [-0.4, -0.2) is 35.2 Å². The molecule has 1 aromatic carbocycles. The number of nitrogens with one attached hydrogen (secondary N) is 1. The van der Waals surface area contributed by atoms with Crippen LogP contribution in [0.3, 0.4) is 0 Å². The number of aromatic nitrogens is 2. The van der Waals surface area contributed by atoms with E-state index in [9.17, 15) is 9.18 Å². The van der Waals surface area contributed by atoms with Gasteiger partial charge in [0.25, 0.3) is 0 Å². The van der Waals surface area contributed by atoms with Gasteiger partial charge in [0.15, 0.2) is 0 Å². The first-order valence-corrected chi connectivity index (χ1v) is 7.30. The maximum Gasteiger partial charge on any atom is 0.223 e. The van der Waals surface area contributed by atoms with E-state index < -0.39 is 6.04 Å². The Morgan fingerprint density at radius 2 is 2.16 bits per heavy atom. The lowest BCUT2D eigenvalue weighted by Gasteiger charge is -2.20. The van der Waals surface area contributed by atoms with Crippen molar-refractivity contribution in [3.8, 4) is 0 Å². The number of methoxy groups -OCH3 is 1. The second-order valence-electron chi connectivity index (χ2n) is 5.25. The number of hydrogen-bond donors (Lipinski definition) is 2. The van der Waals surface area contributed by atoms with E-state index in [0.29, 0.717) is 11.4 Å². The molecule has 1 amide bonds. The minimum Gasteiger partial charge on any atom is -0.380 e. The second-order valence-corrected chi connectivity index (χ2v) is 5.25. The molecule has 0 bridgehead atoms. The van der Waals surface area contributed by atoms with Crippen molar-refractivity contribution in [1.82, 2.24) is 14.9 Å². The molecule has 0 saturated carbocycles. The van der Waals surface area contributed by atoms with Gasteiger partial charge in [-0.3, -0.25) is 4.79 Å². The molecule has 1 heterocycles. The van der Waals surface area contributed by atoms with Gasteiger partial charge in [-0.2, -0.15) is 0 Å². The van der Waals surface area contributed by atoms with Crippen molar-refractivity contribution in [2.45, 2.75) is 18.6 Å². The summed E-state index contributed by atoms with van der Waals surface area (Å²) >= 11 is 0. The third-order valence-electron chi connectivity index (χ3n) is 3.61. The third-order valence-corrected chi connectivity index (χ3v) is 3.61. The molecule has 0 radical (unpaired) electrons. The maximum atomic E-state index is 13.5. The number of carbonyl (C=O) groups is 1. The molecule has 0 saturated heterocycles. The monoisotopic (exact) mass is 392 g/mol. The molecular weight excluding hydrogens is 370 g/mol. The molecule has 0 fully saturated rings. The molecule has 6 nitrogen and oxygen atoms in total. The van der Waals surface area contributed by atoms with Crippen LogP contribution >= 0.6 is 24.8 Å². The maximum absolute atomic E-state index is 13.5. The summed E-state index contributed by atoms with van der Waals surface area (Å²) in [6.07, 6.45) is 3.17. The fraction of sp³-hybridized carbons (Fsp3) is 0.375. The molecule has 2 unspecified atom stereocenters. The molecule has 0 aliphatic heterocycles. The molecule has 0 aliphatic carbocycles. The number of imidazole rings is 1. The molecular formula is C16H23Cl2FN4O2. The van der Waals surface area contributed by atoms with Crippen molar-refractivity contribution in [2.75, 3.05) is 13.7 Å². The Kier molecular flexibility index (Phi) is 10.3. The molecule has 140 valence electrons.